The van der Waals surface area contributed by atoms with Crippen LogP contribution in [0.1, 0.15) is 20.9 Å². The van der Waals surface area contributed by atoms with Crippen LogP contribution in [0.15, 0.2) is 18.2 Å². The number of halogens is 2. The van der Waals surface area contributed by atoms with E-state index in [0.717, 1.165) is 23.8 Å². The molecule has 1 saturated heterocycles. The third-order valence-corrected chi connectivity index (χ3v) is 5.66. The molecule has 0 atom stereocenters. The molecule has 0 spiro atoms. The molecule has 5 nitrogen and oxygen atoms in total. The van der Waals surface area contributed by atoms with Crippen molar-refractivity contribution in [3.05, 3.63) is 44.4 Å². The van der Waals surface area contributed by atoms with Gasteiger partial charge >= 0.3 is 0 Å². The lowest BCUT2D eigenvalue weighted by Gasteiger charge is -2.26. The molecule has 1 N–H and O–H groups in total. The van der Waals surface area contributed by atoms with Gasteiger partial charge in [-0.05, 0) is 17.7 Å². The standard InChI is InChI=1S/C16H16Cl2N2O3S/c17-11-2-1-10(7-12(11)18)8-13-15(14(22)9-21)24-16(19-13)20-3-5-23-6-4-20/h1-2,7,21H,3-6,8-9H2. The Morgan fingerprint density at radius 3 is 2.71 bits per heavy atom. The van der Waals surface area contributed by atoms with Gasteiger partial charge in [0.1, 0.15) is 6.61 Å². The quantitative estimate of drug-likeness (QED) is 0.800. The summed E-state index contributed by atoms with van der Waals surface area (Å²) in [6.45, 7) is 2.24. The zero-order valence-corrected chi connectivity index (χ0v) is 15.1. The molecule has 0 aliphatic carbocycles. The molecule has 1 aromatic carbocycles. The van der Waals surface area contributed by atoms with Crippen molar-refractivity contribution < 1.29 is 14.6 Å². The molecule has 0 radical (unpaired) electrons. The number of thiazole rings is 1. The van der Waals surface area contributed by atoms with Crippen molar-refractivity contribution in [3.63, 3.8) is 0 Å². The van der Waals surface area contributed by atoms with E-state index in [1.54, 1.807) is 12.1 Å². The SMILES string of the molecule is O=C(CO)c1sc(N2CCOCC2)nc1Cc1ccc(Cl)c(Cl)c1. The van der Waals surface area contributed by atoms with Gasteiger partial charge in [-0.3, -0.25) is 4.79 Å². The van der Waals surface area contributed by atoms with Gasteiger partial charge in [-0.15, -0.1) is 0 Å². The molecule has 0 bridgehead atoms. The first-order chi connectivity index (χ1) is 11.6. The molecule has 3 rings (SSSR count). The minimum Gasteiger partial charge on any atom is -0.388 e. The van der Waals surface area contributed by atoms with Gasteiger partial charge in [0.25, 0.3) is 0 Å². The van der Waals surface area contributed by atoms with Crippen LogP contribution in [-0.2, 0) is 11.2 Å². The summed E-state index contributed by atoms with van der Waals surface area (Å²) in [5.74, 6) is -0.318. The topological polar surface area (TPSA) is 62.7 Å². The molecule has 128 valence electrons. The Labute approximate surface area is 153 Å². The molecule has 0 amide bonds. The number of aliphatic hydroxyl groups is 1. The van der Waals surface area contributed by atoms with E-state index in [0.29, 0.717) is 40.3 Å². The Hall–Kier alpha value is -1.18. The van der Waals surface area contributed by atoms with Gasteiger partial charge in [-0.2, -0.15) is 0 Å². The molecule has 1 aromatic heterocycles. The summed E-state index contributed by atoms with van der Waals surface area (Å²) in [4.78, 5) is 19.3. The average Bonchev–Trinajstić information content (AvgIpc) is 3.02. The van der Waals surface area contributed by atoms with Crippen LogP contribution in [0.4, 0.5) is 5.13 Å². The molecular formula is C16H16Cl2N2O3S. The maximum atomic E-state index is 12.1. The molecule has 2 heterocycles. The smallest absolute Gasteiger partial charge is 0.200 e. The van der Waals surface area contributed by atoms with E-state index in [1.165, 1.54) is 11.3 Å². The van der Waals surface area contributed by atoms with Gasteiger partial charge in [0.05, 0.1) is 33.8 Å². The molecule has 24 heavy (non-hydrogen) atoms. The van der Waals surface area contributed by atoms with Crippen LogP contribution in [0.25, 0.3) is 0 Å². The Balaban J connectivity index is 1.90. The number of benzene rings is 1. The van der Waals surface area contributed by atoms with Crippen molar-refractivity contribution in [3.8, 4) is 0 Å². The molecule has 0 unspecified atom stereocenters. The fourth-order valence-corrected chi connectivity index (χ4v) is 3.87. The summed E-state index contributed by atoms with van der Waals surface area (Å²) in [6.07, 6.45) is 0.457. The lowest BCUT2D eigenvalue weighted by molar-refractivity contribution is 0.0907. The van der Waals surface area contributed by atoms with Crippen LogP contribution in [0.2, 0.25) is 10.0 Å². The highest BCUT2D eigenvalue weighted by atomic mass is 35.5. The van der Waals surface area contributed by atoms with Crippen molar-refractivity contribution in [2.45, 2.75) is 6.42 Å². The van der Waals surface area contributed by atoms with E-state index < -0.39 is 6.61 Å². The lowest BCUT2D eigenvalue weighted by atomic mass is 10.1. The number of Topliss-reactive ketones (excluding diaryl/α,β-unsaturated/α-hetero) is 1. The zero-order chi connectivity index (χ0) is 17.1. The van der Waals surface area contributed by atoms with Gasteiger partial charge in [0.2, 0.25) is 0 Å². The fourth-order valence-electron chi connectivity index (χ4n) is 2.48. The second-order valence-electron chi connectivity index (χ2n) is 5.38. The number of ether oxygens (including phenoxy) is 1. The van der Waals surface area contributed by atoms with Crippen LogP contribution in [0.5, 0.6) is 0 Å². The van der Waals surface area contributed by atoms with Crippen LogP contribution >= 0.6 is 34.5 Å². The predicted molar refractivity (Wildman–Crippen MR) is 95.8 cm³/mol. The number of aliphatic hydroxyl groups excluding tert-OH is 1. The normalized spacial score (nSPS) is 14.9. The van der Waals surface area contributed by atoms with Crippen molar-refractivity contribution in [2.75, 3.05) is 37.8 Å². The Morgan fingerprint density at radius 1 is 1.29 bits per heavy atom. The Bertz CT molecular complexity index is 745. The average molecular weight is 387 g/mol. The third kappa shape index (κ3) is 3.90. The van der Waals surface area contributed by atoms with Crippen LogP contribution in [-0.4, -0.2) is 48.8 Å². The third-order valence-electron chi connectivity index (χ3n) is 3.72. The lowest BCUT2D eigenvalue weighted by Crippen LogP contribution is -2.36. The molecule has 0 saturated carbocycles. The number of rotatable bonds is 5. The predicted octanol–water partition coefficient (Wildman–Crippen LogP) is 3.05. The second-order valence-corrected chi connectivity index (χ2v) is 7.17. The highest BCUT2D eigenvalue weighted by Gasteiger charge is 2.22. The van der Waals surface area contributed by atoms with E-state index in [4.69, 9.17) is 27.9 Å². The van der Waals surface area contributed by atoms with Crippen molar-refractivity contribution in [2.24, 2.45) is 0 Å². The van der Waals surface area contributed by atoms with Crippen molar-refractivity contribution in [1.29, 1.82) is 0 Å². The summed E-state index contributed by atoms with van der Waals surface area (Å²) in [5, 5.41) is 11.0. The fraction of sp³-hybridized carbons (Fsp3) is 0.375. The number of aromatic nitrogens is 1. The highest BCUT2D eigenvalue weighted by Crippen LogP contribution is 2.30. The monoisotopic (exact) mass is 386 g/mol. The van der Waals surface area contributed by atoms with Crippen LogP contribution < -0.4 is 4.90 Å². The van der Waals surface area contributed by atoms with E-state index in [1.807, 2.05) is 6.07 Å². The van der Waals surface area contributed by atoms with Gasteiger partial charge < -0.3 is 14.7 Å². The number of hydrogen-bond donors (Lipinski definition) is 1. The van der Waals surface area contributed by atoms with E-state index in [-0.39, 0.29) is 5.78 Å². The van der Waals surface area contributed by atoms with E-state index >= 15 is 0 Å². The highest BCUT2D eigenvalue weighted by molar-refractivity contribution is 7.17. The first-order valence-corrected chi connectivity index (χ1v) is 9.06. The summed E-state index contributed by atoms with van der Waals surface area (Å²) < 4.78 is 5.35. The van der Waals surface area contributed by atoms with Gasteiger partial charge in [0.15, 0.2) is 10.9 Å². The molecule has 2 aromatic rings. The maximum absolute atomic E-state index is 12.1. The van der Waals surface area contributed by atoms with Crippen molar-refractivity contribution in [1.82, 2.24) is 4.98 Å². The largest absolute Gasteiger partial charge is 0.388 e. The van der Waals surface area contributed by atoms with Gasteiger partial charge in [-0.1, -0.05) is 40.6 Å². The molecule has 1 aliphatic heterocycles. The molecule has 1 aliphatic rings. The minimum atomic E-state index is -0.529. The van der Waals surface area contributed by atoms with Gasteiger partial charge in [0, 0.05) is 19.5 Å². The summed E-state index contributed by atoms with van der Waals surface area (Å²) in [6, 6.07) is 5.35. The number of morpholine rings is 1. The first-order valence-electron chi connectivity index (χ1n) is 7.49. The van der Waals surface area contributed by atoms with E-state index in [9.17, 15) is 9.90 Å². The number of hydrogen-bond acceptors (Lipinski definition) is 6. The number of carbonyl (C=O) groups excluding carboxylic acids is 1. The van der Waals surface area contributed by atoms with Crippen LogP contribution in [0.3, 0.4) is 0 Å². The molecule has 8 heteroatoms. The maximum Gasteiger partial charge on any atom is 0.200 e. The number of carbonyl (C=O) groups is 1. The number of nitrogens with zero attached hydrogens (tertiary/aromatic N) is 2. The number of ketones is 1. The summed E-state index contributed by atoms with van der Waals surface area (Å²) in [7, 11) is 0. The zero-order valence-electron chi connectivity index (χ0n) is 12.8. The number of anilines is 1. The van der Waals surface area contributed by atoms with Crippen molar-refractivity contribution >= 4 is 45.5 Å². The van der Waals surface area contributed by atoms with Gasteiger partial charge in [-0.25, -0.2) is 4.98 Å². The minimum absolute atomic E-state index is 0.318. The molecule has 1 fully saturated rings. The van der Waals surface area contributed by atoms with Crippen LogP contribution in [0, 0.1) is 0 Å². The summed E-state index contributed by atoms with van der Waals surface area (Å²) in [5.41, 5.74) is 1.56. The van der Waals surface area contributed by atoms with E-state index in [2.05, 4.69) is 9.88 Å². The first kappa shape index (κ1) is 17.6. The Morgan fingerprint density at radius 2 is 2.04 bits per heavy atom. The molecular weight excluding hydrogens is 371 g/mol. The summed E-state index contributed by atoms with van der Waals surface area (Å²) >= 11 is 13.3. The Kier molecular flexibility index (Phi) is 5.73. The second kappa shape index (κ2) is 7.80.